The van der Waals surface area contributed by atoms with Gasteiger partial charge >= 0.3 is 5.97 Å². The van der Waals surface area contributed by atoms with Gasteiger partial charge in [0.05, 0.1) is 17.4 Å². The number of ether oxygens (including phenoxy) is 2. The predicted octanol–water partition coefficient (Wildman–Crippen LogP) is 1.76. The van der Waals surface area contributed by atoms with Crippen LogP contribution in [-0.2, 0) is 0 Å². The molecule has 21 heavy (non-hydrogen) atoms. The summed E-state index contributed by atoms with van der Waals surface area (Å²) in [5.74, 6) is -0.416. The minimum absolute atomic E-state index is 0.00140. The highest BCUT2D eigenvalue weighted by molar-refractivity contribution is 6.05. The van der Waals surface area contributed by atoms with Gasteiger partial charge in [0, 0.05) is 11.8 Å². The molecule has 2 heterocycles. The molecule has 0 aliphatic carbocycles. The molecule has 0 bridgehead atoms. The summed E-state index contributed by atoms with van der Waals surface area (Å²) in [6.07, 6.45) is 2.58. The Balaban J connectivity index is 1.80. The van der Waals surface area contributed by atoms with Gasteiger partial charge in [-0.25, -0.2) is 4.79 Å². The minimum atomic E-state index is -1.11. The summed E-state index contributed by atoms with van der Waals surface area (Å²) in [6.45, 7) is 0.130. The van der Waals surface area contributed by atoms with Crippen molar-refractivity contribution in [2.45, 2.75) is 0 Å². The average Bonchev–Trinajstić information content (AvgIpc) is 2.94. The third-order valence-electron chi connectivity index (χ3n) is 2.88. The highest BCUT2D eigenvalue weighted by Gasteiger charge is 2.16. The summed E-state index contributed by atoms with van der Waals surface area (Å²) >= 11 is 0. The zero-order valence-corrected chi connectivity index (χ0v) is 10.7. The lowest BCUT2D eigenvalue weighted by Crippen LogP contribution is -2.12. The number of rotatable bonds is 3. The number of anilines is 1. The fourth-order valence-electron chi connectivity index (χ4n) is 1.87. The molecule has 0 spiro atoms. The summed E-state index contributed by atoms with van der Waals surface area (Å²) in [7, 11) is 0. The zero-order valence-electron chi connectivity index (χ0n) is 10.7. The number of hydrogen-bond acceptors (Lipinski definition) is 5. The van der Waals surface area contributed by atoms with E-state index in [1.807, 2.05) is 0 Å². The lowest BCUT2D eigenvalue weighted by atomic mass is 10.2. The van der Waals surface area contributed by atoms with Gasteiger partial charge in [0.1, 0.15) is 0 Å². The van der Waals surface area contributed by atoms with Crippen LogP contribution in [0.15, 0.2) is 36.7 Å². The van der Waals surface area contributed by atoms with E-state index >= 15 is 0 Å². The number of carboxylic acids is 1. The standard InChI is InChI=1S/C14H10N2O5/c17-13(8-1-2-11-12(4-8)21-7-20-11)16-10-3-9(14(18)19)5-15-6-10/h1-6H,7H2,(H,16,17)(H,18,19). The Hall–Kier alpha value is -3.09. The molecule has 7 nitrogen and oxygen atoms in total. The maximum atomic E-state index is 12.1. The Morgan fingerprint density at radius 3 is 2.71 bits per heavy atom. The fourth-order valence-corrected chi connectivity index (χ4v) is 1.87. The SMILES string of the molecule is O=C(O)c1cncc(NC(=O)c2ccc3c(c2)OCO3)c1. The van der Waals surface area contributed by atoms with Crippen LogP contribution in [0.5, 0.6) is 11.5 Å². The van der Waals surface area contributed by atoms with Crippen molar-refractivity contribution in [3.8, 4) is 11.5 Å². The molecular weight excluding hydrogens is 276 g/mol. The molecule has 3 rings (SSSR count). The van der Waals surface area contributed by atoms with E-state index in [1.54, 1.807) is 18.2 Å². The maximum absolute atomic E-state index is 12.1. The quantitative estimate of drug-likeness (QED) is 0.892. The number of carbonyl (C=O) groups excluding carboxylic acids is 1. The van der Waals surface area contributed by atoms with Gasteiger partial charge in [-0.2, -0.15) is 0 Å². The molecule has 0 fully saturated rings. The van der Waals surface area contributed by atoms with E-state index in [2.05, 4.69) is 10.3 Å². The Morgan fingerprint density at radius 2 is 1.90 bits per heavy atom. The van der Waals surface area contributed by atoms with Gasteiger partial charge in [0.15, 0.2) is 11.5 Å². The molecule has 0 unspecified atom stereocenters. The first kappa shape index (κ1) is 12.9. The highest BCUT2D eigenvalue weighted by Crippen LogP contribution is 2.32. The molecule has 2 aromatic rings. The summed E-state index contributed by atoms with van der Waals surface area (Å²) in [5.41, 5.74) is 0.677. The summed E-state index contributed by atoms with van der Waals surface area (Å²) < 4.78 is 10.4. The predicted molar refractivity (Wildman–Crippen MR) is 71.7 cm³/mol. The number of aromatic carboxylic acids is 1. The van der Waals surface area contributed by atoms with E-state index < -0.39 is 11.9 Å². The lowest BCUT2D eigenvalue weighted by Gasteiger charge is -2.06. The zero-order chi connectivity index (χ0) is 14.8. The molecule has 1 aromatic heterocycles. The molecule has 2 N–H and O–H groups in total. The molecule has 1 aromatic carbocycles. The monoisotopic (exact) mass is 286 g/mol. The molecular formula is C14H10N2O5. The van der Waals surface area contributed by atoms with Gasteiger partial charge in [0.25, 0.3) is 5.91 Å². The van der Waals surface area contributed by atoms with Crippen molar-refractivity contribution < 1.29 is 24.2 Å². The molecule has 7 heteroatoms. The molecule has 0 atom stereocenters. The largest absolute Gasteiger partial charge is 0.478 e. The number of carboxylic acid groups (broad SMARTS) is 1. The third kappa shape index (κ3) is 2.62. The first-order valence-electron chi connectivity index (χ1n) is 6.03. The number of nitrogens with zero attached hydrogens (tertiary/aromatic N) is 1. The van der Waals surface area contributed by atoms with E-state index in [1.165, 1.54) is 18.5 Å². The Labute approximate surface area is 119 Å². The molecule has 0 saturated heterocycles. The molecule has 1 aliphatic rings. The highest BCUT2D eigenvalue weighted by atomic mass is 16.7. The van der Waals surface area contributed by atoms with Crippen LogP contribution in [-0.4, -0.2) is 28.8 Å². The smallest absolute Gasteiger partial charge is 0.337 e. The second kappa shape index (κ2) is 5.12. The molecule has 0 radical (unpaired) electrons. The van der Waals surface area contributed by atoms with Crippen LogP contribution in [0.4, 0.5) is 5.69 Å². The van der Waals surface area contributed by atoms with E-state index in [-0.39, 0.29) is 12.4 Å². The van der Waals surface area contributed by atoms with Crippen LogP contribution in [0, 0.1) is 0 Å². The van der Waals surface area contributed by atoms with Crippen molar-refractivity contribution in [3.63, 3.8) is 0 Å². The van der Waals surface area contributed by atoms with Gasteiger partial charge in [-0.15, -0.1) is 0 Å². The number of benzene rings is 1. The number of aromatic nitrogens is 1. The second-order valence-electron chi connectivity index (χ2n) is 4.29. The van der Waals surface area contributed by atoms with E-state index in [0.717, 1.165) is 0 Å². The fraction of sp³-hybridized carbons (Fsp3) is 0.0714. The third-order valence-corrected chi connectivity index (χ3v) is 2.88. The Kier molecular flexibility index (Phi) is 3.15. The summed E-state index contributed by atoms with van der Waals surface area (Å²) in [6, 6.07) is 6.13. The van der Waals surface area contributed by atoms with Crippen molar-refractivity contribution in [2.24, 2.45) is 0 Å². The average molecular weight is 286 g/mol. The van der Waals surface area contributed by atoms with E-state index in [4.69, 9.17) is 14.6 Å². The molecule has 0 saturated carbocycles. The van der Waals surface area contributed by atoms with Gasteiger partial charge in [0.2, 0.25) is 6.79 Å². The van der Waals surface area contributed by atoms with Crippen LogP contribution in [0.25, 0.3) is 0 Å². The van der Waals surface area contributed by atoms with E-state index in [0.29, 0.717) is 22.7 Å². The molecule has 1 amide bonds. The number of nitrogens with one attached hydrogen (secondary N) is 1. The van der Waals surface area contributed by atoms with Crippen molar-refractivity contribution in [1.29, 1.82) is 0 Å². The van der Waals surface area contributed by atoms with Crippen LogP contribution >= 0.6 is 0 Å². The van der Waals surface area contributed by atoms with E-state index in [9.17, 15) is 9.59 Å². The van der Waals surface area contributed by atoms with Gasteiger partial charge < -0.3 is 19.9 Å². The molecule has 106 valence electrons. The van der Waals surface area contributed by atoms with Crippen molar-refractivity contribution in [1.82, 2.24) is 4.98 Å². The first-order valence-corrected chi connectivity index (χ1v) is 6.03. The molecule has 1 aliphatic heterocycles. The summed E-state index contributed by atoms with van der Waals surface area (Å²) in [4.78, 5) is 26.7. The number of carbonyl (C=O) groups is 2. The van der Waals surface area contributed by atoms with Gasteiger partial charge in [-0.1, -0.05) is 0 Å². The number of hydrogen-bond donors (Lipinski definition) is 2. The van der Waals surface area contributed by atoms with Gasteiger partial charge in [-0.3, -0.25) is 9.78 Å². The summed E-state index contributed by atoms with van der Waals surface area (Å²) in [5, 5.41) is 11.5. The van der Waals surface area contributed by atoms with Gasteiger partial charge in [-0.05, 0) is 24.3 Å². The number of amides is 1. The van der Waals surface area contributed by atoms with Crippen molar-refractivity contribution in [3.05, 3.63) is 47.8 Å². The number of pyridine rings is 1. The Morgan fingerprint density at radius 1 is 1.10 bits per heavy atom. The Bertz CT molecular complexity index is 729. The van der Waals surface area contributed by atoms with Crippen LogP contribution in [0.2, 0.25) is 0 Å². The van der Waals surface area contributed by atoms with Crippen LogP contribution < -0.4 is 14.8 Å². The second-order valence-corrected chi connectivity index (χ2v) is 4.29. The van der Waals surface area contributed by atoms with Crippen LogP contribution in [0.3, 0.4) is 0 Å². The normalized spacial score (nSPS) is 12.0. The first-order chi connectivity index (χ1) is 10.1. The van der Waals surface area contributed by atoms with Crippen LogP contribution in [0.1, 0.15) is 20.7 Å². The lowest BCUT2D eigenvalue weighted by molar-refractivity contribution is 0.0696. The van der Waals surface area contributed by atoms with Crippen molar-refractivity contribution in [2.75, 3.05) is 12.1 Å². The minimum Gasteiger partial charge on any atom is -0.478 e. The maximum Gasteiger partial charge on any atom is 0.337 e. The number of fused-ring (bicyclic) bond motifs is 1. The van der Waals surface area contributed by atoms with Crippen molar-refractivity contribution >= 4 is 17.6 Å². The topological polar surface area (TPSA) is 97.8 Å².